The van der Waals surface area contributed by atoms with E-state index in [0.29, 0.717) is 0 Å². The van der Waals surface area contributed by atoms with Crippen LogP contribution in [0.3, 0.4) is 0 Å². The highest BCUT2D eigenvalue weighted by Gasteiger charge is 2.18. The van der Waals surface area contributed by atoms with Gasteiger partial charge in [0.25, 0.3) is 5.91 Å². The van der Waals surface area contributed by atoms with Gasteiger partial charge in [-0.3, -0.25) is 14.4 Å². The molecule has 0 aromatic heterocycles. The third-order valence-electron chi connectivity index (χ3n) is 1.59. The van der Waals surface area contributed by atoms with Crippen molar-refractivity contribution in [1.29, 1.82) is 0 Å². The number of carbonyl (C=O) groups is 4. The summed E-state index contributed by atoms with van der Waals surface area (Å²) in [5.41, 5.74) is 16.6. The molecule has 3 amide bonds. The number of nitrogens with one attached hydrogen (secondary N) is 1. The predicted molar refractivity (Wildman–Crippen MR) is 54.4 cm³/mol. The summed E-state index contributed by atoms with van der Waals surface area (Å²) in [6.07, 6.45) is -0.777. The molecule has 0 aliphatic heterocycles. The highest BCUT2D eigenvalue weighted by molar-refractivity contribution is 5.86. The van der Waals surface area contributed by atoms with Gasteiger partial charge >= 0.3 is 5.97 Å². The molecular weight excluding hydrogens is 232 g/mol. The molecule has 0 aromatic carbocycles. The summed E-state index contributed by atoms with van der Waals surface area (Å²) in [5.74, 6) is -3.13. The third kappa shape index (κ3) is 7.73. The van der Waals surface area contributed by atoms with Crippen LogP contribution in [0.25, 0.3) is 0 Å². The van der Waals surface area contributed by atoms with E-state index in [4.69, 9.17) is 17.2 Å². The molecule has 17 heavy (non-hydrogen) atoms. The minimum Gasteiger partial charge on any atom is -0.370 e. The summed E-state index contributed by atoms with van der Waals surface area (Å²) >= 11 is 0. The van der Waals surface area contributed by atoms with Crippen LogP contribution in [0.5, 0.6) is 0 Å². The molecule has 0 heterocycles. The van der Waals surface area contributed by atoms with Gasteiger partial charge in [0.1, 0.15) is 6.04 Å². The van der Waals surface area contributed by atoms with Crippen LogP contribution < -0.4 is 22.7 Å². The largest absolute Gasteiger partial charge is 0.370 e. The van der Waals surface area contributed by atoms with Crippen LogP contribution in [0.4, 0.5) is 0 Å². The molecule has 96 valence electrons. The molecule has 0 spiro atoms. The van der Waals surface area contributed by atoms with Gasteiger partial charge in [-0.25, -0.2) is 4.79 Å². The molecule has 9 heteroatoms. The molecule has 0 fully saturated rings. The number of hydrogen-bond acceptors (Lipinski definition) is 6. The van der Waals surface area contributed by atoms with Crippen molar-refractivity contribution in [3.63, 3.8) is 0 Å². The molecule has 7 N–H and O–H groups in total. The molecule has 0 aliphatic rings. The minimum atomic E-state index is -1.25. The van der Waals surface area contributed by atoms with Gasteiger partial charge in [0.15, 0.2) is 0 Å². The fourth-order valence-electron chi connectivity index (χ4n) is 0.771. The number of carbonyl (C=O) groups excluding carboxylic acids is 4. The first-order chi connectivity index (χ1) is 7.82. The van der Waals surface area contributed by atoms with E-state index in [0.717, 1.165) is 0 Å². The summed E-state index contributed by atoms with van der Waals surface area (Å²) in [5, 5.41) is 0. The summed E-state index contributed by atoms with van der Waals surface area (Å²) in [6.45, 7) is 0. The van der Waals surface area contributed by atoms with Gasteiger partial charge in [-0.05, 0) is 0 Å². The van der Waals surface area contributed by atoms with Gasteiger partial charge in [-0.1, -0.05) is 0 Å². The second-order valence-electron chi connectivity index (χ2n) is 3.19. The number of amides is 3. The van der Waals surface area contributed by atoms with Crippen LogP contribution in [0.2, 0.25) is 0 Å². The lowest BCUT2D eigenvalue weighted by Crippen LogP contribution is -2.40. The van der Waals surface area contributed by atoms with E-state index in [9.17, 15) is 19.2 Å². The van der Waals surface area contributed by atoms with Crippen LogP contribution in [-0.4, -0.2) is 29.7 Å². The highest BCUT2D eigenvalue weighted by Crippen LogP contribution is 1.91. The van der Waals surface area contributed by atoms with Gasteiger partial charge in [0.2, 0.25) is 11.8 Å². The van der Waals surface area contributed by atoms with Crippen molar-refractivity contribution in [2.45, 2.75) is 25.3 Å². The van der Waals surface area contributed by atoms with Crippen molar-refractivity contribution < 1.29 is 24.0 Å². The minimum absolute atomic E-state index is 0.170. The Morgan fingerprint density at radius 2 is 1.65 bits per heavy atom. The van der Waals surface area contributed by atoms with E-state index >= 15 is 0 Å². The Hall–Kier alpha value is -2.16. The average molecular weight is 246 g/mol. The van der Waals surface area contributed by atoms with Crippen LogP contribution in [0.15, 0.2) is 0 Å². The maximum atomic E-state index is 11.1. The van der Waals surface area contributed by atoms with E-state index in [1.165, 1.54) is 0 Å². The van der Waals surface area contributed by atoms with Crippen LogP contribution in [0, 0.1) is 0 Å². The lowest BCUT2D eigenvalue weighted by Gasteiger charge is -2.09. The SMILES string of the molecule is NC(=O)CCC(=O)NOC(=O)[C@@H](N)CC(N)=O. The Morgan fingerprint density at radius 3 is 2.12 bits per heavy atom. The number of hydroxylamine groups is 1. The molecule has 0 unspecified atom stereocenters. The highest BCUT2D eigenvalue weighted by atomic mass is 16.7. The molecular formula is C8H14N4O5. The topological polar surface area (TPSA) is 168 Å². The van der Waals surface area contributed by atoms with E-state index in [-0.39, 0.29) is 12.8 Å². The second kappa shape index (κ2) is 7.17. The van der Waals surface area contributed by atoms with Gasteiger partial charge < -0.3 is 22.0 Å². The quantitative estimate of drug-likeness (QED) is 0.365. The standard InChI is InChI=1S/C8H14N4O5/c9-4(3-6(11)14)8(16)17-12-7(15)2-1-5(10)13/h4H,1-3,9H2,(H2,10,13)(H2,11,14)(H,12,15)/t4-/m0/s1. The fraction of sp³-hybridized carbons (Fsp3) is 0.500. The van der Waals surface area contributed by atoms with Crippen LogP contribution >= 0.6 is 0 Å². The van der Waals surface area contributed by atoms with Gasteiger partial charge in [-0.2, -0.15) is 5.48 Å². The molecule has 0 saturated carbocycles. The zero-order chi connectivity index (χ0) is 13.4. The summed E-state index contributed by atoms with van der Waals surface area (Å²) in [6, 6.07) is -1.25. The maximum absolute atomic E-state index is 11.1. The Kier molecular flexibility index (Phi) is 6.26. The fourth-order valence-corrected chi connectivity index (χ4v) is 0.771. The molecule has 9 nitrogen and oxygen atoms in total. The zero-order valence-electron chi connectivity index (χ0n) is 8.97. The van der Waals surface area contributed by atoms with E-state index in [2.05, 4.69) is 4.84 Å². The summed E-state index contributed by atoms with van der Waals surface area (Å²) in [4.78, 5) is 47.1. The summed E-state index contributed by atoms with van der Waals surface area (Å²) < 4.78 is 0. The number of primary amides is 2. The molecule has 0 rings (SSSR count). The Labute approximate surface area is 96.6 Å². The number of hydrogen-bond donors (Lipinski definition) is 4. The zero-order valence-corrected chi connectivity index (χ0v) is 8.97. The molecule has 0 bridgehead atoms. The smallest absolute Gasteiger partial charge is 0.349 e. The lowest BCUT2D eigenvalue weighted by atomic mass is 10.2. The monoisotopic (exact) mass is 246 g/mol. The van der Waals surface area contributed by atoms with Gasteiger partial charge in [-0.15, -0.1) is 0 Å². The van der Waals surface area contributed by atoms with Crippen LogP contribution in [-0.2, 0) is 24.0 Å². The van der Waals surface area contributed by atoms with Crippen molar-refractivity contribution in [1.82, 2.24) is 5.48 Å². The average Bonchev–Trinajstić information content (AvgIpc) is 2.21. The van der Waals surface area contributed by atoms with E-state index in [1.54, 1.807) is 5.48 Å². The van der Waals surface area contributed by atoms with E-state index in [1.807, 2.05) is 0 Å². The van der Waals surface area contributed by atoms with Crippen molar-refractivity contribution >= 4 is 23.7 Å². The first-order valence-corrected chi connectivity index (χ1v) is 4.64. The van der Waals surface area contributed by atoms with Crippen molar-refractivity contribution in [2.24, 2.45) is 17.2 Å². The van der Waals surface area contributed by atoms with Crippen molar-refractivity contribution in [3.05, 3.63) is 0 Å². The normalized spacial score (nSPS) is 11.4. The number of rotatable bonds is 6. The van der Waals surface area contributed by atoms with Gasteiger partial charge in [0, 0.05) is 12.8 Å². The molecule has 0 aromatic rings. The first kappa shape index (κ1) is 14.8. The number of nitrogens with two attached hydrogens (primary N) is 3. The molecule has 0 aliphatic carbocycles. The maximum Gasteiger partial charge on any atom is 0.349 e. The Balaban J connectivity index is 3.87. The van der Waals surface area contributed by atoms with Crippen molar-refractivity contribution in [2.75, 3.05) is 0 Å². The Morgan fingerprint density at radius 1 is 1.06 bits per heavy atom. The Bertz CT molecular complexity index is 330. The van der Waals surface area contributed by atoms with E-state index < -0.39 is 36.2 Å². The van der Waals surface area contributed by atoms with Gasteiger partial charge in [0.05, 0.1) is 6.42 Å². The van der Waals surface area contributed by atoms with Crippen LogP contribution in [0.1, 0.15) is 19.3 Å². The molecule has 0 radical (unpaired) electrons. The van der Waals surface area contributed by atoms with Crippen molar-refractivity contribution in [3.8, 4) is 0 Å². The molecule has 1 atom stereocenters. The second-order valence-corrected chi connectivity index (χ2v) is 3.19. The third-order valence-corrected chi connectivity index (χ3v) is 1.59. The first-order valence-electron chi connectivity index (χ1n) is 4.64. The lowest BCUT2D eigenvalue weighted by molar-refractivity contribution is -0.160. The summed E-state index contributed by atoms with van der Waals surface area (Å²) in [7, 11) is 0. The predicted octanol–water partition coefficient (Wildman–Crippen LogP) is -2.97. The molecule has 0 saturated heterocycles.